The van der Waals surface area contributed by atoms with Gasteiger partial charge in [-0.1, -0.05) is 23.2 Å². The molecule has 0 spiro atoms. The molecule has 1 aromatic rings. The van der Waals surface area contributed by atoms with E-state index in [1.165, 1.54) is 0 Å². The average molecular weight is 289 g/mol. The van der Waals surface area contributed by atoms with Crippen LogP contribution in [0.5, 0.6) is 0 Å². The second kappa shape index (κ2) is 5.66. The van der Waals surface area contributed by atoms with Crippen molar-refractivity contribution >= 4 is 28.9 Å². The summed E-state index contributed by atoms with van der Waals surface area (Å²) in [4.78, 5) is 0. The maximum absolute atomic E-state index is 5.99. The zero-order valence-corrected chi connectivity index (χ0v) is 11.9. The number of nitrogens with one attached hydrogen (secondary N) is 1. The van der Waals surface area contributed by atoms with Gasteiger partial charge in [-0.05, 0) is 37.5 Å². The minimum Gasteiger partial charge on any atom is -0.396 e. The molecule has 1 aromatic carbocycles. The number of rotatable bonds is 4. The molecular weight excluding hydrogens is 271 g/mol. The second-order valence-corrected chi connectivity index (χ2v) is 5.79. The molecule has 0 bridgehead atoms. The molecule has 1 aliphatic heterocycles. The first-order chi connectivity index (χ1) is 8.50. The van der Waals surface area contributed by atoms with Crippen molar-refractivity contribution in [2.75, 3.05) is 18.9 Å². The van der Waals surface area contributed by atoms with Crippen LogP contribution in [0.1, 0.15) is 25.3 Å². The van der Waals surface area contributed by atoms with E-state index in [9.17, 15) is 0 Å². The van der Waals surface area contributed by atoms with Crippen LogP contribution >= 0.6 is 23.2 Å². The molecule has 100 valence electrons. The van der Waals surface area contributed by atoms with Gasteiger partial charge in [0.2, 0.25) is 0 Å². The standard InChI is InChI=1S/C13H18Cl2N2O/c1-13(3-2-4-18-13)8-17-7-9-5-10(14)12(16)11(15)6-9/h5-6,17H,2-4,7-8,16H2,1H3. The topological polar surface area (TPSA) is 47.3 Å². The molecule has 1 aliphatic rings. The summed E-state index contributed by atoms with van der Waals surface area (Å²) >= 11 is 12.0. The first-order valence-electron chi connectivity index (χ1n) is 6.08. The lowest BCUT2D eigenvalue weighted by atomic mass is 10.0. The van der Waals surface area contributed by atoms with Crippen molar-refractivity contribution in [1.29, 1.82) is 0 Å². The monoisotopic (exact) mass is 288 g/mol. The van der Waals surface area contributed by atoms with Crippen LogP contribution in [0.15, 0.2) is 12.1 Å². The highest BCUT2D eigenvalue weighted by atomic mass is 35.5. The highest BCUT2D eigenvalue weighted by molar-refractivity contribution is 6.38. The third-order valence-electron chi connectivity index (χ3n) is 3.27. The summed E-state index contributed by atoms with van der Waals surface area (Å²) in [5.74, 6) is 0. The van der Waals surface area contributed by atoms with E-state index in [-0.39, 0.29) is 5.60 Å². The van der Waals surface area contributed by atoms with Crippen LogP contribution < -0.4 is 11.1 Å². The van der Waals surface area contributed by atoms with Crippen molar-refractivity contribution < 1.29 is 4.74 Å². The lowest BCUT2D eigenvalue weighted by Gasteiger charge is -2.23. The fourth-order valence-corrected chi connectivity index (χ4v) is 2.72. The highest BCUT2D eigenvalue weighted by Gasteiger charge is 2.28. The largest absolute Gasteiger partial charge is 0.396 e. The van der Waals surface area contributed by atoms with Crippen LogP contribution in [0, 0.1) is 0 Å². The maximum atomic E-state index is 5.99. The molecule has 0 aliphatic carbocycles. The fourth-order valence-electron chi connectivity index (χ4n) is 2.19. The Morgan fingerprint density at radius 3 is 2.61 bits per heavy atom. The number of nitrogens with two attached hydrogens (primary N) is 1. The molecule has 1 saturated heterocycles. The van der Waals surface area contributed by atoms with Crippen molar-refractivity contribution in [3.8, 4) is 0 Å². The van der Waals surface area contributed by atoms with Crippen LogP contribution in [-0.2, 0) is 11.3 Å². The summed E-state index contributed by atoms with van der Waals surface area (Å²) in [5, 5.41) is 4.38. The van der Waals surface area contributed by atoms with Gasteiger partial charge in [-0.2, -0.15) is 0 Å². The number of hydrogen-bond donors (Lipinski definition) is 2. The Hall–Kier alpha value is -0.480. The summed E-state index contributed by atoms with van der Waals surface area (Å²) in [6.07, 6.45) is 2.24. The summed E-state index contributed by atoms with van der Waals surface area (Å²) in [5.41, 5.74) is 7.12. The van der Waals surface area contributed by atoms with Crippen LogP contribution in [0.4, 0.5) is 5.69 Å². The summed E-state index contributed by atoms with van der Waals surface area (Å²) in [7, 11) is 0. The molecular formula is C13H18Cl2N2O. The Balaban J connectivity index is 1.90. The Bertz CT molecular complexity index is 408. The molecule has 3 nitrogen and oxygen atoms in total. The summed E-state index contributed by atoms with van der Waals surface area (Å²) in [6, 6.07) is 3.68. The van der Waals surface area contributed by atoms with E-state index < -0.39 is 0 Å². The predicted octanol–water partition coefficient (Wildman–Crippen LogP) is 3.23. The van der Waals surface area contributed by atoms with Crippen LogP contribution in [-0.4, -0.2) is 18.8 Å². The number of nitrogen functional groups attached to an aromatic ring is 1. The van der Waals surface area contributed by atoms with Gasteiger partial charge < -0.3 is 15.8 Å². The molecule has 1 unspecified atom stereocenters. The number of halogens is 2. The quantitative estimate of drug-likeness (QED) is 0.837. The zero-order chi connectivity index (χ0) is 13.2. The Morgan fingerprint density at radius 2 is 2.06 bits per heavy atom. The molecule has 2 rings (SSSR count). The highest BCUT2D eigenvalue weighted by Crippen LogP contribution is 2.29. The van der Waals surface area contributed by atoms with Crippen molar-refractivity contribution in [2.24, 2.45) is 0 Å². The minimum absolute atomic E-state index is 0.0403. The molecule has 0 saturated carbocycles. The second-order valence-electron chi connectivity index (χ2n) is 4.98. The van der Waals surface area contributed by atoms with E-state index in [0.29, 0.717) is 22.3 Å². The van der Waals surface area contributed by atoms with Gasteiger partial charge in [0.1, 0.15) is 0 Å². The SMILES string of the molecule is CC1(CNCc2cc(Cl)c(N)c(Cl)c2)CCCO1. The molecule has 18 heavy (non-hydrogen) atoms. The Morgan fingerprint density at radius 1 is 1.39 bits per heavy atom. The van der Waals surface area contributed by atoms with Gasteiger partial charge in [0.05, 0.1) is 21.3 Å². The summed E-state index contributed by atoms with van der Waals surface area (Å²) in [6.45, 7) is 4.53. The van der Waals surface area contributed by atoms with Gasteiger partial charge in [0, 0.05) is 19.7 Å². The lowest BCUT2D eigenvalue weighted by Crippen LogP contribution is -2.36. The summed E-state index contributed by atoms with van der Waals surface area (Å²) < 4.78 is 5.71. The van der Waals surface area contributed by atoms with E-state index >= 15 is 0 Å². The van der Waals surface area contributed by atoms with E-state index in [1.54, 1.807) is 0 Å². The van der Waals surface area contributed by atoms with Crippen LogP contribution in [0.2, 0.25) is 10.0 Å². The van der Waals surface area contributed by atoms with Gasteiger partial charge in [0.15, 0.2) is 0 Å². The van der Waals surface area contributed by atoms with Crippen molar-refractivity contribution in [3.05, 3.63) is 27.7 Å². The number of anilines is 1. The van der Waals surface area contributed by atoms with Gasteiger partial charge in [-0.3, -0.25) is 0 Å². The molecule has 1 atom stereocenters. The van der Waals surface area contributed by atoms with E-state index in [2.05, 4.69) is 12.2 Å². The molecule has 0 aromatic heterocycles. The number of benzene rings is 1. The molecule has 0 radical (unpaired) electrons. The van der Waals surface area contributed by atoms with E-state index in [4.69, 9.17) is 33.7 Å². The fraction of sp³-hybridized carbons (Fsp3) is 0.538. The van der Waals surface area contributed by atoms with E-state index in [1.807, 2.05) is 12.1 Å². The molecule has 1 fully saturated rings. The molecule has 0 amide bonds. The molecule has 3 N–H and O–H groups in total. The smallest absolute Gasteiger partial charge is 0.0779 e. The van der Waals surface area contributed by atoms with Crippen LogP contribution in [0.3, 0.4) is 0 Å². The average Bonchev–Trinajstić information content (AvgIpc) is 2.73. The van der Waals surface area contributed by atoms with Gasteiger partial charge in [-0.15, -0.1) is 0 Å². The minimum atomic E-state index is -0.0403. The molecule has 1 heterocycles. The number of ether oxygens (including phenoxy) is 1. The van der Waals surface area contributed by atoms with Gasteiger partial charge in [-0.25, -0.2) is 0 Å². The van der Waals surface area contributed by atoms with Gasteiger partial charge >= 0.3 is 0 Å². The van der Waals surface area contributed by atoms with Crippen LogP contribution in [0.25, 0.3) is 0 Å². The number of hydrogen-bond acceptors (Lipinski definition) is 3. The Labute approximate surface area is 118 Å². The predicted molar refractivity (Wildman–Crippen MR) is 76.2 cm³/mol. The molecule has 5 heteroatoms. The van der Waals surface area contributed by atoms with Crippen molar-refractivity contribution in [2.45, 2.75) is 31.9 Å². The normalized spacial score (nSPS) is 23.5. The zero-order valence-electron chi connectivity index (χ0n) is 10.4. The first kappa shape index (κ1) is 13.9. The van der Waals surface area contributed by atoms with Gasteiger partial charge in [0.25, 0.3) is 0 Å². The van der Waals surface area contributed by atoms with Crippen molar-refractivity contribution in [3.63, 3.8) is 0 Å². The van der Waals surface area contributed by atoms with Crippen molar-refractivity contribution in [1.82, 2.24) is 5.32 Å². The first-order valence-corrected chi connectivity index (χ1v) is 6.84. The third kappa shape index (κ3) is 3.29. The maximum Gasteiger partial charge on any atom is 0.0779 e. The third-order valence-corrected chi connectivity index (χ3v) is 3.89. The lowest BCUT2D eigenvalue weighted by molar-refractivity contribution is 0.0207. The Kier molecular flexibility index (Phi) is 4.38. The van der Waals surface area contributed by atoms with E-state index in [0.717, 1.165) is 31.6 Å².